The Bertz CT molecular complexity index is 1620. The van der Waals surface area contributed by atoms with Gasteiger partial charge in [0.25, 0.3) is 0 Å². The summed E-state index contributed by atoms with van der Waals surface area (Å²) in [7, 11) is 0. The van der Waals surface area contributed by atoms with E-state index in [4.69, 9.17) is 8.83 Å². The predicted octanol–water partition coefficient (Wildman–Crippen LogP) is 8.82. The number of hydrogen-bond donors (Lipinski definition) is 0. The second-order valence-electron chi connectivity index (χ2n) is 8.20. The third kappa shape index (κ3) is 2.60. The predicted molar refractivity (Wildman–Crippen MR) is 132 cm³/mol. The van der Waals surface area contributed by atoms with Gasteiger partial charge >= 0.3 is 0 Å². The van der Waals surface area contributed by atoms with Gasteiger partial charge in [-0.25, -0.2) is 0 Å². The van der Waals surface area contributed by atoms with Crippen LogP contribution in [0.4, 0.5) is 0 Å². The standard InChI is InChI=1S/C30H18O2/c1-3-7-19(8-4-1)21-11-13-27-23(15-21)25-17-30-26(18-29(25)31-27)24-16-22(12-14-28(24)32-30)20-9-5-2-6-10-20/h1-18H. The molecular formula is C30H18O2. The molecule has 0 fully saturated rings. The van der Waals surface area contributed by atoms with Crippen molar-refractivity contribution in [2.45, 2.75) is 0 Å². The van der Waals surface area contributed by atoms with Gasteiger partial charge in [0.05, 0.1) is 0 Å². The Morgan fingerprint density at radius 3 is 1.16 bits per heavy atom. The molecule has 5 aromatic carbocycles. The second kappa shape index (κ2) is 6.60. The Kier molecular flexibility index (Phi) is 3.58. The first-order valence-corrected chi connectivity index (χ1v) is 10.8. The molecule has 0 aliphatic rings. The van der Waals surface area contributed by atoms with Crippen molar-refractivity contribution in [3.63, 3.8) is 0 Å². The topological polar surface area (TPSA) is 26.3 Å². The number of benzene rings is 5. The first-order valence-electron chi connectivity index (χ1n) is 10.8. The Morgan fingerprint density at radius 2 is 0.719 bits per heavy atom. The zero-order chi connectivity index (χ0) is 21.1. The van der Waals surface area contributed by atoms with Gasteiger partial charge in [-0.2, -0.15) is 0 Å². The highest BCUT2D eigenvalue weighted by molar-refractivity contribution is 6.15. The highest BCUT2D eigenvalue weighted by Crippen LogP contribution is 2.39. The van der Waals surface area contributed by atoms with Crippen LogP contribution in [-0.2, 0) is 0 Å². The molecule has 7 rings (SSSR count). The van der Waals surface area contributed by atoms with Crippen molar-refractivity contribution in [2.75, 3.05) is 0 Å². The van der Waals surface area contributed by atoms with Gasteiger partial charge in [0.15, 0.2) is 0 Å². The Labute approximate surface area is 184 Å². The number of furan rings is 2. The van der Waals surface area contributed by atoms with Crippen LogP contribution < -0.4 is 0 Å². The van der Waals surface area contributed by atoms with Gasteiger partial charge in [-0.1, -0.05) is 72.8 Å². The molecule has 150 valence electrons. The molecule has 2 aromatic heterocycles. The van der Waals surface area contributed by atoms with Crippen LogP contribution in [0, 0.1) is 0 Å². The first kappa shape index (κ1) is 17.4. The van der Waals surface area contributed by atoms with Gasteiger partial charge in [-0.05, 0) is 58.7 Å². The van der Waals surface area contributed by atoms with Crippen LogP contribution in [0.5, 0.6) is 0 Å². The third-order valence-corrected chi connectivity index (χ3v) is 6.28. The lowest BCUT2D eigenvalue weighted by atomic mass is 10.0. The molecule has 0 radical (unpaired) electrons. The average Bonchev–Trinajstić information content (AvgIpc) is 3.40. The molecule has 0 N–H and O–H groups in total. The SMILES string of the molecule is c1ccc(-c2ccc3oc4cc5c(cc4c3c2)oc2ccc(-c3ccccc3)cc25)cc1. The van der Waals surface area contributed by atoms with Gasteiger partial charge in [0.2, 0.25) is 0 Å². The minimum absolute atomic E-state index is 0.880. The van der Waals surface area contributed by atoms with Crippen LogP contribution in [0.1, 0.15) is 0 Å². The van der Waals surface area contributed by atoms with Crippen molar-refractivity contribution in [1.29, 1.82) is 0 Å². The summed E-state index contributed by atoms with van der Waals surface area (Å²) in [6.45, 7) is 0. The molecule has 0 bridgehead atoms. The highest BCUT2D eigenvalue weighted by Gasteiger charge is 2.14. The monoisotopic (exact) mass is 410 g/mol. The zero-order valence-electron chi connectivity index (χ0n) is 17.2. The zero-order valence-corrected chi connectivity index (χ0v) is 17.2. The molecule has 2 heteroatoms. The Morgan fingerprint density at radius 1 is 0.312 bits per heavy atom. The van der Waals surface area contributed by atoms with E-state index < -0.39 is 0 Å². The fraction of sp³-hybridized carbons (Fsp3) is 0. The summed E-state index contributed by atoms with van der Waals surface area (Å²) in [5.41, 5.74) is 8.29. The molecule has 0 aliphatic carbocycles. The molecule has 0 saturated heterocycles. The average molecular weight is 410 g/mol. The van der Waals surface area contributed by atoms with E-state index in [1.54, 1.807) is 0 Å². The molecule has 2 heterocycles. The first-order chi connectivity index (χ1) is 15.8. The van der Waals surface area contributed by atoms with Crippen LogP contribution in [0.3, 0.4) is 0 Å². The lowest BCUT2D eigenvalue weighted by Crippen LogP contribution is -1.77. The normalized spacial score (nSPS) is 11.8. The van der Waals surface area contributed by atoms with Crippen molar-refractivity contribution in [1.82, 2.24) is 0 Å². The summed E-state index contributed by atoms with van der Waals surface area (Å²) >= 11 is 0. The van der Waals surface area contributed by atoms with E-state index in [2.05, 4.69) is 97.1 Å². The molecule has 0 unspecified atom stereocenters. The smallest absolute Gasteiger partial charge is 0.136 e. The van der Waals surface area contributed by atoms with E-state index in [9.17, 15) is 0 Å². The summed E-state index contributed by atoms with van der Waals surface area (Å²) in [4.78, 5) is 0. The minimum atomic E-state index is 0.880. The molecule has 2 nitrogen and oxygen atoms in total. The second-order valence-corrected chi connectivity index (χ2v) is 8.20. The van der Waals surface area contributed by atoms with Crippen LogP contribution in [-0.4, -0.2) is 0 Å². The largest absolute Gasteiger partial charge is 0.456 e. The fourth-order valence-electron chi connectivity index (χ4n) is 4.67. The van der Waals surface area contributed by atoms with E-state index in [-0.39, 0.29) is 0 Å². The maximum absolute atomic E-state index is 6.24. The van der Waals surface area contributed by atoms with Crippen molar-refractivity contribution in [3.8, 4) is 22.3 Å². The van der Waals surface area contributed by atoms with Crippen LogP contribution >= 0.6 is 0 Å². The summed E-state index contributed by atoms with van der Waals surface area (Å²) < 4.78 is 12.5. The lowest BCUT2D eigenvalue weighted by molar-refractivity contribution is 0.664. The number of hydrogen-bond acceptors (Lipinski definition) is 2. The van der Waals surface area contributed by atoms with Crippen molar-refractivity contribution >= 4 is 43.9 Å². The molecule has 0 aliphatic heterocycles. The van der Waals surface area contributed by atoms with Crippen molar-refractivity contribution in [2.24, 2.45) is 0 Å². The van der Waals surface area contributed by atoms with E-state index in [1.165, 1.54) is 22.3 Å². The third-order valence-electron chi connectivity index (χ3n) is 6.28. The van der Waals surface area contributed by atoms with Gasteiger partial charge < -0.3 is 8.83 Å². The van der Waals surface area contributed by atoms with Gasteiger partial charge in [0, 0.05) is 21.5 Å². The van der Waals surface area contributed by atoms with Gasteiger partial charge in [-0.15, -0.1) is 0 Å². The van der Waals surface area contributed by atoms with Crippen molar-refractivity contribution in [3.05, 3.63) is 109 Å². The van der Waals surface area contributed by atoms with E-state index in [0.717, 1.165) is 43.9 Å². The molecule has 0 amide bonds. The number of fused-ring (bicyclic) bond motifs is 6. The van der Waals surface area contributed by atoms with Crippen LogP contribution in [0.15, 0.2) is 118 Å². The fourth-order valence-corrected chi connectivity index (χ4v) is 4.67. The van der Waals surface area contributed by atoms with E-state index in [1.807, 2.05) is 12.1 Å². The molecule has 7 aromatic rings. The quantitative estimate of drug-likeness (QED) is 0.284. The summed E-state index contributed by atoms with van der Waals surface area (Å²) in [6.07, 6.45) is 0. The van der Waals surface area contributed by atoms with E-state index >= 15 is 0 Å². The van der Waals surface area contributed by atoms with Crippen LogP contribution in [0.2, 0.25) is 0 Å². The van der Waals surface area contributed by atoms with E-state index in [0.29, 0.717) is 0 Å². The summed E-state index contributed by atoms with van der Waals surface area (Å²) in [5, 5.41) is 4.36. The molecule has 32 heavy (non-hydrogen) atoms. The number of rotatable bonds is 2. The molecule has 0 saturated carbocycles. The Balaban J connectivity index is 1.46. The van der Waals surface area contributed by atoms with Gasteiger partial charge in [0.1, 0.15) is 22.3 Å². The minimum Gasteiger partial charge on any atom is -0.456 e. The maximum Gasteiger partial charge on any atom is 0.136 e. The molecule has 0 atom stereocenters. The van der Waals surface area contributed by atoms with Gasteiger partial charge in [-0.3, -0.25) is 0 Å². The highest BCUT2D eigenvalue weighted by atomic mass is 16.3. The van der Waals surface area contributed by atoms with Crippen molar-refractivity contribution < 1.29 is 8.83 Å². The maximum atomic E-state index is 6.24. The molecule has 0 spiro atoms. The lowest BCUT2D eigenvalue weighted by Gasteiger charge is -2.01. The Hall–Kier alpha value is -4.30. The molecular weight excluding hydrogens is 392 g/mol. The summed E-state index contributed by atoms with van der Waals surface area (Å²) in [5.74, 6) is 0. The summed E-state index contributed by atoms with van der Waals surface area (Å²) in [6, 6.07) is 37.9. The van der Waals surface area contributed by atoms with Crippen LogP contribution in [0.25, 0.3) is 66.1 Å².